The van der Waals surface area contributed by atoms with Gasteiger partial charge in [0.1, 0.15) is 0 Å². The van der Waals surface area contributed by atoms with Crippen LogP contribution in [0, 0.1) is 5.41 Å². The minimum atomic E-state index is -0.357. The molecule has 5 rings (SSSR count). The summed E-state index contributed by atoms with van der Waals surface area (Å²) in [4.78, 5) is 24.0. The van der Waals surface area contributed by atoms with Crippen LogP contribution in [-0.2, 0) is 23.3 Å². The Labute approximate surface area is 141 Å². The van der Waals surface area contributed by atoms with Gasteiger partial charge in [-0.05, 0) is 59.9 Å². The van der Waals surface area contributed by atoms with E-state index in [0.29, 0.717) is 18.5 Å². The van der Waals surface area contributed by atoms with Gasteiger partial charge in [0.15, 0.2) is 0 Å². The molecular formula is C20H21N3O. The zero-order chi connectivity index (χ0) is 16.2. The largest absolute Gasteiger partial charge is 0.333 e. The second-order valence-electron chi connectivity index (χ2n) is 7.84. The standard InChI is InChI=1S/C20H21N3O/c24-18(23-11-15-4-8-22-9-16(15)12-23)20(17-3-1-7-21-10-17)13-19(14-20)5-2-6-19/h1,3-4,7-10H,2,5-6,11-14H2. The van der Waals surface area contributed by atoms with Crippen molar-refractivity contribution in [1.82, 2.24) is 14.9 Å². The highest BCUT2D eigenvalue weighted by molar-refractivity contribution is 5.90. The number of carbonyl (C=O) groups is 1. The maximum absolute atomic E-state index is 13.5. The van der Waals surface area contributed by atoms with Crippen molar-refractivity contribution in [1.29, 1.82) is 0 Å². The molecule has 2 aromatic heterocycles. The molecule has 0 unspecified atom stereocenters. The third-order valence-corrected chi connectivity index (χ3v) is 6.41. The van der Waals surface area contributed by atoms with E-state index in [0.717, 1.165) is 18.4 Å². The molecule has 24 heavy (non-hydrogen) atoms. The van der Waals surface area contributed by atoms with Gasteiger partial charge in [-0.2, -0.15) is 0 Å². The van der Waals surface area contributed by atoms with E-state index < -0.39 is 0 Å². The molecule has 2 saturated carbocycles. The second kappa shape index (κ2) is 4.88. The molecule has 122 valence electrons. The summed E-state index contributed by atoms with van der Waals surface area (Å²) in [6, 6.07) is 6.08. The predicted octanol–water partition coefficient (Wildman–Crippen LogP) is 3.22. The number of aromatic nitrogens is 2. The summed E-state index contributed by atoms with van der Waals surface area (Å²) in [6.45, 7) is 1.41. The number of fused-ring (bicyclic) bond motifs is 1. The van der Waals surface area contributed by atoms with Crippen LogP contribution in [0.3, 0.4) is 0 Å². The predicted molar refractivity (Wildman–Crippen MR) is 89.9 cm³/mol. The molecule has 0 N–H and O–H groups in total. The summed E-state index contributed by atoms with van der Waals surface area (Å²) in [5, 5.41) is 0. The van der Waals surface area contributed by atoms with E-state index in [-0.39, 0.29) is 11.3 Å². The van der Waals surface area contributed by atoms with Gasteiger partial charge in [0.25, 0.3) is 0 Å². The molecule has 1 amide bonds. The third kappa shape index (κ3) is 1.89. The van der Waals surface area contributed by atoms with Crippen molar-refractivity contribution < 1.29 is 4.79 Å². The molecule has 0 saturated heterocycles. The first kappa shape index (κ1) is 14.1. The molecule has 2 fully saturated rings. The van der Waals surface area contributed by atoms with Crippen molar-refractivity contribution in [3.05, 3.63) is 59.7 Å². The molecule has 0 bridgehead atoms. The zero-order valence-electron chi connectivity index (χ0n) is 13.7. The van der Waals surface area contributed by atoms with Gasteiger partial charge in [-0.3, -0.25) is 14.8 Å². The van der Waals surface area contributed by atoms with Gasteiger partial charge in [0, 0.05) is 37.9 Å². The van der Waals surface area contributed by atoms with Gasteiger partial charge in [-0.15, -0.1) is 0 Å². The van der Waals surface area contributed by atoms with Crippen LogP contribution in [0.25, 0.3) is 0 Å². The Kier molecular flexibility index (Phi) is 2.88. The molecule has 1 spiro atoms. The minimum absolute atomic E-state index is 0.282. The molecule has 0 radical (unpaired) electrons. The summed E-state index contributed by atoms with van der Waals surface area (Å²) in [5.41, 5.74) is 3.59. The smallest absolute Gasteiger partial charge is 0.233 e. The van der Waals surface area contributed by atoms with Gasteiger partial charge in [-0.25, -0.2) is 0 Å². The highest BCUT2D eigenvalue weighted by Gasteiger charge is 2.62. The Morgan fingerprint density at radius 1 is 1.00 bits per heavy atom. The quantitative estimate of drug-likeness (QED) is 0.854. The van der Waals surface area contributed by atoms with Crippen molar-refractivity contribution in [2.45, 2.75) is 50.6 Å². The average Bonchev–Trinajstić information content (AvgIpc) is 2.97. The molecule has 0 aromatic carbocycles. The van der Waals surface area contributed by atoms with Crippen molar-refractivity contribution in [3.8, 4) is 0 Å². The number of carbonyl (C=O) groups excluding carboxylic acids is 1. The summed E-state index contributed by atoms with van der Waals surface area (Å²) in [6.07, 6.45) is 13.3. The van der Waals surface area contributed by atoms with E-state index in [2.05, 4.69) is 16.0 Å². The first-order chi connectivity index (χ1) is 11.7. The molecule has 0 atom stereocenters. The highest BCUT2D eigenvalue weighted by Crippen LogP contribution is 2.65. The van der Waals surface area contributed by atoms with Crippen LogP contribution in [0.2, 0.25) is 0 Å². The third-order valence-electron chi connectivity index (χ3n) is 6.41. The first-order valence-corrected chi connectivity index (χ1v) is 8.83. The molecule has 1 aliphatic heterocycles. The van der Waals surface area contributed by atoms with Gasteiger partial charge in [-0.1, -0.05) is 12.5 Å². The number of nitrogens with zero attached hydrogens (tertiary/aromatic N) is 3. The van der Waals surface area contributed by atoms with Crippen LogP contribution >= 0.6 is 0 Å². The molecule has 4 heteroatoms. The first-order valence-electron chi connectivity index (χ1n) is 8.83. The van der Waals surface area contributed by atoms with Crippen LogP contribution in [0.15, 0.2) is 43.0 Å². The zero-order valence-corrected chi connectivity index (χ0v) is 13.7. The van der Waals surface area contributed by atoms with Crippen LogP contribution in [-0.4, -0.2) is 20.8 Å². The lowest BCUT2D eigenvalue weighted by Crippen LogP contribution is -2.60. The lowest BCUT2D eigenvalue weighted by atomic mass is 9.43. The van der Waals surface area contributed by atoms with Gasteiger partial charge >= 0.3 is 0 Å². The van der Waals surface area contributed by atoms with Crippen molar-refractivity contribution >= 4 is 5.91 Å². The summed E-state index contributed by atoms with van der Waals surface area (Å²) in [5.74, 6) is 0.282. The summed E-state index contributed by atoms with van der Waals surface area (Å²) < 4.78 is 0. The summed E-state index contributed by atoms with van der Waals surface area (Å²) >= 11 is 0. The monoisotopic (exact) mass is 319 g/mol. The van der Waals surface area contributed by atoms with Gasteiger partial charge in [0.05, 0.1) is 5.41 Å². The Morgan fingerprint density at radius 3 is 2.46 bits per heavy atom. The van der Waals surface area contributed by atoms with E-state index in [1.54, 1.807) is 6.20 Å². The Balaban J connectivity index is 1.47. The SMILES string of the molecule is O=C(N1Cc2ccncc2C1)C1(c2cccnc2)CC2(CCC2)C1. The average molecular weight is 319 g/mol. The Hall–Kier alpha value is -2.23. The number of rotatable bonds is 2. The number of amides is 1. The molecule has 3 heterocycles. The van der Waals surface area contributed by atoms with Crippen molar-refractivity contribution in [2.75, 3.05) is 0 Å². The highest BCUT2D eigenvalue weighted by atomic mass is 16.2. The maximum atomic E-state index is 13.5. The van der Waals surface area contributed by atoms with Gasteiger partial charge < -0.3 is 4.90 Å². The molecule has 3 aliphatic rings. The fraction of sp³-hybridized carbons (Fsp3) is 0.450. The van der Waals surface area contributed by atoms with E-state index >= 15 is 0 Å². The Bertz CT molecular complexity index is 765. The summed E-state index contributed by atoms with van der Waals surface area (Å²) in [7, 11) is 0. The van der Waals surface area contributed by atoms with E-state index in [1.807, 2.05) is 35.6 Å². The van der Waals surface area contributed by atoms with Crippen molar-refractivity contribution in [2.24, 2.45) is 5.41 Å². The van der Waals surface area contributed by atoms with Gasteiger partial charge in [0.2, 0.25) is 5.91 Å². The number of pyridine rings is 2. The lowest BCUT2D eigenvalue weighted by molar-refractivity contribution is -0.154. The van der Waals surface area contributed by atoms with Crippen LogP contribution in [0.1, 0.15) is 48.8 Å². The number of hydrogen-bond acceptors (Lipinski definition) is 3. The molecule has 2 aliphatic carbocycles. The lowest BCUT2D eigenvalue weighted by Gasteiger charge is -2.61. The normalized spacial score (nSPS) is 22.6. The molecule has 4 nitrogen and oxygen atoms in total. The molecule has 2 aromatic rings. The van der Waals surface area contributed by atoms with Crippen molar-refractivity contribution in [3.63, 3.8) is 0 Å². The van der Waals surface area contributed by atoms with Crippen LogP contribution in [0.5, 0.6) is 0 Å². The van der Waals surface area contributed by atoms with Crippen LogP contribution in [0.4, 0.5) is 0 Å². The van der Waals surface area contributed by atoms with Crippen LogP contribution < -0.4 is 0 Å². The topological polar surface area (TPSA) is 46.1 Å². The van der Waals surface area contributed by atoms with E-state index in [1.165, 1.54) is 30.4 Å². The second-order valence-corrected chi connectivity index (χ2v) is 7.84. The Morgan fingerprint density at radius 2 is 1.79 bits per heavy atom. The molecular weight excluding hydrogens is 298 g/mol. The maximum Gasteiger partial charge on any atom is 0.233 e. The fourth-order valence-electron chi connectivity index (χ4n) is 5.05. The number of hydrogen-bond donors (Lipinski definition) is 0. The van der Waals surface area contributed by atoms with E-state index in [9.17, 15) is 4.79 Å². The minimum Gasteiger partial charge on any atom is -0.333 e. The van der Waals surface area contributed by atoms with E-state index in [4.69, 9.17) is 0 Å². The fourth-order valence-corrected chi connectivity index (χ4v) is 5.05.